The van der Waals surface area contributed by atoms with Crippen molar-refractivity contribution in [3.05, 3.63) is 46.2 Å². The van der Waals surface area contributed by atoms with E-state index in [0.29, 0.717) is 11.9 Å². The molecule has 0 aliphatic carbocycles. The van der Waals surface area contributed by atoms with Gasteiger partial charge in [-0.2, -0.15) is 0 Å². The summed E-state index contributed by atoms with van der Waals surface area (Å²) in [6.45, 7) is 3.78. The maximum absolute atomic E-state index is 11.9. The Morgan fingerprint density at radius 3 is 2.58 bits per heavy atom. The largest absolute Gasteiger partial charge is 0.493 e. The lowest BCUT2D eigenvalue weighted by molar-refractivity contribution is -0.127. The molecule has 2 N–H and O–H groups in total. The first-order chi connectivity index (χ1) is 14.9. The molecule has 2 aromatic rings. The average Bonchev–Trinajstić information content (AvgIpc) is 3.28. The first-order valence-corrected chi connectivity index (χ1v) is 11.3. The van der Waals surface area contributed by atoms with E-state index in [1.54, 1.807) is 44.6 Å². The number of benzene rings is 1. The summed E-state index contributed by atoms with van der Waals surface area (Å²) in [5.41, 5.74) is 1.18. The van der Waals surface area contributed by atoms with Gasteiger partial charge in [-0.1, -0.05) is 19.1 Å². The highest BCUT2D eigenvalue weighted by molar-refractivity contribution is 7.09. The number of hydrogen-bond acceptors (Lipinski definition) is 5. The Balaban J connectivity index is 1.92. The van der Waals surface area contributed by atoms with Gasteiger partial charge >= 0.3 is 0 Å². The van der Waals surface area contributed by atoms with Crippen LogP contribution >= 0.6 is 11.3 Å². The number of nitrogens with one attached hydrogen (secondary N) is 2. The maximum Gasteiger partial charge on any atom is 0.243 e. The van der Waals surface area contributed by atoms with Crippen LogP contribution in [0, 0.1) is 5.92 Å². The van der Waals surface area contributed by atoms with Crippen LogP contribution in [0.5, 0.6) is 11.5 Å². The molecule has 0 bridgehead atoms. The van der Waals surface area contributed by atoms with Crippen molar-refractivity contribution in [3.63, 3.8) is 0 Å². The predicted octanol–water partition coefficient (Wildman–Crippen LogP) is 2.81. The molecule has 0 saturated heterocycles. The number of carbonyl (C=O) groups excluding carboxylic acids is 1. The third-order valence-corrected chi connectivity index (χ3v) is 5.70. The van der Waals surface area contributed by atoms with Crippen LogP contribution in [0.15, 0.2) is 40.7 Å². The zero-order valence-electron chi connectivity index (χ0n) is 19.1. The van der Waals surface area contributed by atoms with Gasteiger partial charge in [-0.05, 0) is 47.9 Å². The number of carbonyl (C=O) groups is 1. The van der Waals surface area contributed by atoms with Gasteiger partial charge in [-0.25, -0.2) is 4.99 Å². The zero-order valence-corrected chi connectivity index (χ0v) is 19.9. The van der Waals surface area contributed by atoms with E-state index in [4.69, 9.17) is 9.47 Å². The molecule has 0 aliphatic rings. The molecule has 1 atom stereocenters. The molecule has 2 rings (SSSR count). The number of rotatable bonds is 11. The van der Waals surface area contributed by atoms with E-state index in [0.717, 1.165) is 37.4 Å². The maximum atomic E-state index is 11.9. The van der Waals surface area contributed by atoms with E-state index >= 15 is 0 Å². The summed E-state index contributed by atoms with van der Waals surface area (Å²) in [4.78, 5) is 19.3. The molecule has 1 aromatic carbocycles. The first kappa shape index (κ1) is 24.5. The molecule has 0 fully saturated rings. The summed E-state index contributed by atoms with van der Waals surface area (Å²) >= 11 is 1.74. The Bertz CT molecular complexity index is 837. The number of nitrogens with zero attached hydrogens (tertiary/aromatic N) is 2. The minimum Gasteiger partial charge on any atom is -0.493 e. The van der Waals surface area contributed by atoms with Crippen molar-refractivity contribution in [1.82, 2.24) is 15.5 Å². The third-order valence-electron chi connectivity index (χ3n) is 4.77. The Hall–Kier alpha value is -2.74. The van der Waals surface area contributed by atoms with Gasteiger partial charge in [0.2, 0.25) is 5.91 Å². The molecule has 1 unspecified atom stereocenters. The van der Waals surface area contributed by atoms with Crippen LogP contribution in [0.4, 0.5) is 0 Å². The number of aliphatic imine (C=N–C) groups is 1. The second-order valence-corrected chi connectivity index (χ2v) is 8.62. The number of likely N-dealkylation sites (N-methyl/N-ethyl adjacent to an activating group) is 1. The smallest absolute Gasteiger partial charge is 0.243 e. The van der Waals surface area contributed by atoms with Crippen molar-refractivity contribution in [2.45, 2.75) is 19.8 Å². The van der Waals surface area contributed by atoms with Gasteiger partial charge in [0.1, 0.15) is 6.54 Å². The third kappa shape index (κ3) is 8.49. The highest BCUT2D eigenvalue weighted by atomic mass is 32.1. The molecule has 1 amide bonds. The number of guanidine groups is 1. The van der Waals surface area contributed by atoms with Crippen LogP contribution < -0.4 is 20.1 Å². The summed E-state index contributed by atoms with van der Waals surface area (Å²) in [5, 5.41) is 8.80. The van der Waals surface area contributed by atoms with Crippen molar-refractivity contribution in [2.24, 2.45) is 10.9 Å². The standard InChI is InChI=1S/C23H34N4O3S/c1-17(13-18-8-9-20(29-4)21(14-18)30-5)15-25-23(26-16-22(28)27(2)3)24-11-10-19-7-6-12-31-19/h6-9,12,14,17H,10-11,13,15-16H2,1-5H3,(H2,24,25,26). The van der Waals surface area contributed by atoms with Gasteiger partial charge in [0.25, 0.3) is 0 Å². The lowest BCUT2D eigenvalue weighted by Gasteiger charge is -2.17. The van der Waals surface area contributed by atoms with Crippen LogP contribution in [-0.4, -0.2) is 64.7 Å². The number of thiophene rings is 1. The molecule has 0 aliphatic heterocycles. The molecule has 1 heterocycles. The van der Waals surface area contributed by atoms with Crippen LogP contribution in [-0.2, 0) is 17.6 Å². The molecule has 170 valence electrons. The van der Waals surface area contributed by atoms with Crippen molar-refractivity contribution in [2.75, 3.05) is 47.9 Å². The van der Waals surface area contributed by atoms with Gasteiger partial charge in [-0.15, -0.1) is 11.3 Å². The highest BCUT2D eigenvalue weighted by Gasteiger charge is 2.10. The van der Waals surface area contributed by atoms with E-state index < -0.39 is 0 Å². The normalized spacial score (nSPS) is 12.2. The van der Waals surface area contributed by atoms with Crippen molar-refractivity contribution < 1.29 is 14.3 Å². The molecule has 1 aromatic heterocycles. The average molecular weight is 447 g/mol. The summed E-state index contributed by atoms with van der Waals surface area (Å²) in [5.74, 6) is 2.45. The van der Waals surface area contributed by atoms with Crippen LogP contribution in [0.2, 0.25) is 0 Å². The first-order valence-electron chi connectivity index (χ1n) is 10.4. The fraction of sp³-hybridized carbons (Fsp3) is 0.478. The van der Waals surface area contributed by atoms with E-state index in [2.05, 4.69) is 46.1 Å². The number of methoxy groups -OCH3 is 2. The second-order valence-electron chi connectivity index (χ2n) is 7.59. The summed E-state index contributed by atoms with van der Waals surface area (Å²) < 4.78 is 10.7. The topological polar surface area (TPSA) is 75.2 Å². The van der Waals surface area contributed by atoms with E-state index in [9.17, 15) is 4.79 Å². The van der Waals surface area contributed by atoms with E-state index in [-0.39, 0.29) is 12.5 Å². The molecular weight excluding hydrogens is 412 g/mol. The van der Waals surface area contributed by atoms with Gasteiger partial charge < -0.3 is 25.0 Å². The molecule has 0 radical (unpaired) electrons. The van der Waals surface area contributed by atoms with Crippen LogP contribution in [0.3, 0.4) is 0 Å². The minimum absolute atomic E-state index is 0.0299. The van der Waals surface area contributed by atoms with Crippen molar-refractivity contribution in [3.8, 4) is 11.5 Å². The molecule has 0 spiro atoms. The van der Waals surface area contributed by atoms with Gasteiger partial charge in [0.05, 0.1) is 14.2 Å². The summed E-state index contributed by atoms with van der Waals surface area (Å²) in [7, 11) is 6.75. The summed E-state index contributed by atoms with van der Waals surface area (Å²) in [6.07, 6.45) is 1.80. The molecule has 8 heteroatoms. The van der Waals surface area contributed by atoms with Crippen molar-refractivity contribution in [1.29, 1.82) is 0 Å². The van der Waals surface area contributed by atoms with Gasteiger partial charge in [0, 0.05) is 32.1 Å². The number of amides is 1. The quantitative estimate of drug-likeness (QED) is 0.410. The minimum atomic E-state index is -0.0299. The molecule has 7 nitrogen and oxygen atoms in total. The van der Waals surface area contributed by atoms with E-state index in [1.807, 2.05) is 12.1 Å². The molecule has 31 heavy (non-hydrogen) atoms. The summed E-state index contributed by atoms with van der Waals surface area (Å²) in [6, 6.07) is 10.2. The fourth-order valence-corrected chi connectivity index (χ4v) is 3.68. The molecule has 0 saturated carbocycles. The monoisotopic (exact) mass is 446 g/mol. The Morgan fingerprint density at radius 1 is 1.16 bits per heavy atom. The fourth-order valence-electron chi connectivity index (χ4n) is 2.97. The highest BCUT2D eigenvalue weighted by Crippen LogP contribution is 2.28. The van der Waals surface area contributed by atoms with Gasteiger partial charge in [0.15, 0.2) is 17.5 Å². The number of hydrogen-bond donors (Lipinski definition) is 2. The second kappa shape index (κ2) is 12.8. The van der Waals surface area contributed by atoms with Gasteiger partial charge in [-0.3, -0.25) is 4.79 Å². The van der Waals surface area contributed by atoms with E-state index in [1.165, 1.54) is 10.4 Å². The lowest BCUT2D eigenvalue weighted by atomic mass is 10.0. The van der Waals surface area contributed by atoms with Crippen molar-refractivity contribution >= 4 is 23.2 Å². The lowest BCUT2D eigenvalue weighted by Crippen LogP contribution is -2.41. The predicted molar refractivity (Wildman–Crippen MR) is 127 cm³/mol. The zero-order chi connectivity index (χ0) is 22.6. The molecular formula is C23H34N4O3S. The van der Waals surface area contributed by atoms with Crippen LogP contribution in [0.1, 0.15) is 17.4 Å². The Labute approximate surface area is 189 Å². The number of ether oxygens (including phenoxy) is 2. The van der Waals surface area contributed by atoms with Crippen LogP contribution in [0.25, 0.3) is 0 Å². The Morgan fingerprint density at radius 2 is 1.94 bits per heavy atom. The SMILES string of the molecule is COc1ccc(CC(C)CNC(=NCC(=O)N(C)C)NCCc2cccs2)cc1OC. The Kier molecular flexibility index (Phi) is 10.2.